The number of unbranched alkanes of at least 4 members (excludes halogenated alkanes) is 1. The molecule has 8 heteroatoms. The molecule has 0 radical (unpaired) electrons. The zero-order valence-electron chi connectivity index (χ0n) is 24.4. The summed E-state index contributed by atoms with van der Waals surface area (Å²) in [6, 6.07) is 19.0. The van der Waals surface area contributed by atoms with Crippen molar-refractivity contribution in [2.24, 2.45) is 5.92 Å². The number of carbonyl (C=O) groups is 2. The number of amides is 1. The molecule has 3 aromatic rings. The molecular weight excluding hydrogens is 516 g/mol. The summed E-state index contributed by atoms with van der Waals surface area (Å²) in [5, 5.41) is 2.62. The van der Waals surface area contributed by atoms with E-state index in [-0.39, 0.29) is 18.6 Å². The molecular formula is C33H42N4O4. The zero-order chi connectivity index (χ0) is 28.6. The monoisotopic (exact) mass is 558 g/mol. The van der Waals surface area contributed by atoms with Crippen LogP contribution in [0.5, 0.6) is 5.88 Å². The highest BCUT2D eigenvalue weighted by atomic mass is 16.5. The number of hydrogen-bond donors (Lipinski definition) is 0. The lowest BCUT2D eigenvalue weighted by molar-refractivity contribution is -0.144. The summed E-state index contributed by atoms with van der Waals surface area (Å²) in [6.45, 7) is 9.83. The number of aromatic nitrogens is 1. The molecule has 2 aromatic carbocycles. The number of nitrogens with zero attached hydrogens (tertiary/aromatic N) is 4. The predicted octanol–water partition coefficient (Wildman–Crippen LogP) is 5.43. The van der Waals surface area contributed by atoms with Gasteiger partial charge in [-0.1, -0.05) is 50.2 Å². The van der Waals surface area contributed by atoms with Gasteiger partial charge in [0.2, 0.25) is 11.8 Å². The average Bonchev–Trinajstić information content (AvgIpc) is 2.99. The molecule has 0 aliphatic carbocycles. The molecule has 1 aromatic heterocycles. The summed E-state index contributed by atoms with van der Waals surface area (Å²) >= 11 is 0. The second kappa shape index (κ2) is 13.8. The van der Waals surface area contributed by atoms with E-state index in [9.17, 15) is 9.59 Å². The highest BCUT2D eigenvalue weighted by Gasteiger charge is 2.27. The molecule has 1 amide bonds. The highest BCUT2D eigenvalue weighted by Crippen LogP contribution is 2.29. The number of esters is 1. The molecule has 8 nitrogen and oxygen atoms in total. The molecule has 0 bridgehead atoms. The molecule has 0 N–H and O–H groups in total. The number of fused-ring (bicyclic) bond motifs is 2. The van der Waals surface area contributed by atoms with Crippen molar-refractivity contribution in [3.8, 4) is 5.88 Å². The Kier molecular flexibility index (Phi) is 9.72. The number of rotatable bonds is 12. The van der Waals surface area contributed by atoms with Crippen molar-refractivity contribution in [2.45, 2.75) is 52.4 Å². The van der Waals surface area contributed by atoms with E-state index in [4.69, 9.17) is 9.47 Å². The molecule has 218 valence electrons. The molecule has 0 atom stereocenters. The molecule has 1 fully saturated rings. The molecule has 0 unspecified atom stereocenters. The fourth-order valence-corrected chi connectivity index (χ4v) is 5.52. The van der Waals surface area contributed by atoms with Crippen LogP contribution in [0.2, 0.25) is 0 Å². The van der Waals surface area contributed by atoms with Gasteiger partial charge >= 0.3 is 5.97 Å². The van der Waals surface area contributed by atoms with Crippen molar-refractivity contribution < 1.29 is 19.1 Å². The number of hydrogen-bond acceptors (Lipinski definition) is 7. The van der Waals surface area contributed by atoms with Crippen LogP contribution in [-0.2, 0) is 20.7 Å². The van der Waals surface area contributed by atoms with Gasteiger partial charge in [-0.15, -0.1) is 0 Å². The van der Waals surface area contributed by atoms with E-state index in [0.29, 0.717) is 43.5 Å². The van der Waals surface area contributed by atoms with Gasteiger partial charge in [-0.2, -0.15) is 4.98 Å². The van der Waals surface area contributed by atoms with Gasteiger partial charge < -0.3 is 14.4 Å². The molecule has 0 saturated carbocycles. The second-order valence-electron chi connectivity index (χ2n) is 11.4. The molecule has 0 spiro atoms. The van der Waals surface area contributed by atoms with Crippen LogP contribution in [0.25, 0.3) is 10.8 Å². The van der Waals surface area contributed by atoms with Crippen molar-refractivity contribution in [3.05, 3.63) is 60.2 Å². The minimum atomic E-state index is -0.291. The first-order valence-corrected chi connectivity index (χ1v) is 15.0. The Balaban J connectivity index is 1.05. The Morgan fingerprint density at radius 2 is 1.76 bits per heavy atom. The Morgan fingerprint density at radius 1 is 0.951 bits per heavy atom. The molecule has 5 rings (SSSR count). The highest BCUT2D eigenvalue weighted by molar-refractivity contribution is 5.95. The van der Waals surface area contributed by atoms with E-state index in [2.05, 4.69) is 71.1 Å². The normalized spacial score (nSPS) is 15.8. The van der Waals surface area contributed by atoms with E-state index in [1.807, 2.05) is 12.1 Å². The van der Waals surface area contributed by atoms with Gasteiger partial charge in [0.1, 0.15) is 5.82 Å². The Labute approximate surface area is 243 Å². The van der Waals surface area contributed by atoms with Crippen LogP contribution < -0.4 is 14.5 Å². The van der Waals surface area contributed by atoms with Crippen LogP contribution in [0.1, 0.15) is 51.5 Å². The second-order valence-corrected chi connectivity index (χ2v) is 11.4. The van der Waals surface area contributed by atoms with Gasteiger partial charge in [-0.25, -0.2) is 0 Å². The number of pyridine rings is 1. The van der Waals surface area contributed by atoms with Gasteiger partial charge in [-0.3, -0.25) is 19.4 Å². The maximum atomic E-state index is 12.6. The van der Waals surface area contributed by atoms with E-state index < -0.39 is 0 Å². The lowest BCUT2D eigenvalue weighted by atomic mass is 10.1. The van der Waals surface area contributed by atoms with E-state index >= 15 is 0 Å². The fourth-order valence-electron chi connectivity index (χ4n) is 5.52. The Morgan fingerprint density at radius 3 is 2.59 bits per heavy atom. The molecule has 3 heterocycles. The number of ether oxygens (including phenoxy) is 2. The van der Waals surface area contributed by atoms with E-state index in [1.165, 1.54) is 21.4 Å². The van der Waals surface area contributed by atoms with Crippen molar-refractivity contribution >= 4 is 34.2 Å². The fraction of sp³-hybridized carbons (Fsp3) is 0.485. The summed E-state index contributed by atoms with van der Waals surface area (Å²) in [5.74, 6) is 1.09. The quantitative estimate of drug-likeness (QED) is 0.217. The first-order valence-electron chi connectivity index (χ1n) is 15.0. The standard InChI is InChI=1S/C33H42N4O4/c1-25(2)12-17-32(39)41-24-37-31(38)16-14-27-13-15-30(34-33(27)37)40-23-6-5-18-35-19-21-36(22-20-35)29-11-7-9-26-8-3-4-10-28(26)29/h3-4,7-11,13,15,25H,5-6,12,14,16-24H2,1-2H3. The predicted molar refractivity (Wildman–Crippen MR) is 162 cm³/mol. The topological polar surface area (TPSA) is 75.2 Å². The Bertz CT molecular complexity index is 1330. The Hall–Kier alpha value is -3.65. The number of benzene rings is 2. The van der Waals surface area contributed by atoms with Gasteiger partial charge in [0, 0.05) is 56.2 Å². The van der Waals surface area contributed by atoms with Gasteiger partial charge in [0.15, 0.2) is 6.73 Å². The van der Waals surface area contributed by atoms with Crippen molar-refractivity contribution in [3.63, 3.8) is 0 Å². The first-order chi connectivity index (χ1) is 20.0. The largest absolute Gasteiger partial charge is 0.478 e. The third-order valence-electron chi connectivity index (χ3n) is 7.97. The van der Waals surface area contributed by atoms with Crippen LogP contribution in [0.4, 0.5) is 11.5 Å². The van der Waals surface area contributed by atoms with Crippen LogP contribution in [-0.4, -0.2) is 67.8 Å². The molecule has 1 saturated heterocycles. The van der Waals surface area contributed by atoms with Crippen molar-refractivity contribution in [2.75, 3.05) is 55.9 Å². The smallest absolute Gasteiger partial charge is 0.307 e. The number of aryl methyl sites for hydroxylation is 1. The van der Waals surface area contributed by atoms with Crippen LogP contribution in [0, 0.1) is 5.92 Å². The van der Waals surface area contributed by atoms with E-state index in [0.717, 1.165) is 57.5 Å². The third kappa shape index (κ3) is 7.55. The lowest BCUT2D eigenvalue weighted by Gasteiger charge is -2.36. The maximum Gasteiger partial charge on any atom is 0.307 e. The minimum Gasteiger partial charge on any atom is -0.478 e. The van der Waals surface area contributed by atoms with Crippen LogP contribution in [0.3, 0.4) is 0 Å². The first kappa shape index (κ1) is 28.9. The van der Waals surface area contributed by atoms with Gasteiger partial charge in [-0.05, 0) is 61.2 Å². The van der Waals surface area contributed by atoms with Gasteiger partial charge in [0.25, 0.3) is 0 Å². The SMILES string of the molecule is CC(C)CCC(=O)OCN1C(=O)CCc2ccc(OCCCCN3CCN(c4cccc5ccccc45)CC3)nc21. The van der Waals surface area contributed by atoms with Crippen LogP contribution >= 0.6 is 0 Å². The van der Waals surface area contributed by atoms with Gasteiger partial charge in [0.05, 0.1) is 6.61 Å². The minimum absolute atomic E-state index is 0.0839. The van der Waals surface area contributed by atoms with Crippen molar-refractivity contribution in [1.82, 2.24) is 9.88 Å². The molecule has 2 aliphatic rings. The summed E-state index contributed by atoms with van der Waals surface area (Å²) in [7, 11) is 0. The lowest BCUT2D eigenvalue weighted by Crippen LogP contribution is -2.46. The third-order valence-corrected chi connectivity index (χ3v) is 7.97. The van der Waals surface area contributed by atoms with Crippen molar-refractivity contribution in [1.29, 1.82) is 0 Å². The summed E-state index contributed by atoms with van der Waals surface area (Å²) in [5.41, 5.74) is 2.30. The summed E-state index contributed by atoms with van der Waals surface area (Å²) in [6.07, 6.45) is 4.11. The average molecular weight is 559 g/mol. The number of carbonyl (C=O) groups excluding carboxylic acids is 2. The van der Waals surface area contributed by atoms with E-state index in [1.54, 1.807) is 0 Å². The molecule has 2 aliphatic heterocycles. The van der Waals surface area contributed by atoms with Crippen LogP contribution in [0.15, 0.2) is 54.6 Å². The number of anilines is 2. The number of piperazine rings is 1. The molecule has 41 heavy (non-hydrogen) atoms. The maximum absolute atomic E-state index is 12.6. The summed E-state index contributed by atoms with van der Waals surface area (Å²) < 4.78 is 11.4. The summed E-state index contributed by atoms with van der Waals surface area (Å²) in [4.78, 5) is 35.8. The zero-order valence-corrected chi connectivity index (χ0v) is 24.4.